The number of aliphatic hydroxyl groups is 1. The van der Waals surface area contributed by atoms with Gasteiger partial charge >= 0.3 is 0 Å². The van der Waals surface area contributed by atoms with Crippen molar-refractivity contribution < 1.29 is 13.9 Å². The third kappa shape index (κ3) is 3.09. The van der Waals surface area contributed by atoms with Gasteiger partial charge in [0.1, 0.15) is 23.3 Å². The molecular formula is C14H18FNO2. The van der Waals surface area contributed by atoms with Crippen LogP contribution < -0.4 is 5.32 Å². The van der Waals surface area contributed by atoms with Gasteiger partial charge in [0, 0.05) is 17.5 Å². The van der Waals surface area contributed by atoms with Crippen molar-refractivity contribution in [3.8, 4) is 0 Å². The summed E-state index contributed by atoms with van der Waals surface area (Å²) < 4.78 is 18.5. The molecule has 0 saturated heterocycles. The van der Waals surface area contributed by atoms with Gasteiger partial charge in [-0.2, -0.15) is 0 Å². The minimum atomic E-state index is -0.736. The summed E-state index contributed by atoms with van der Waals surface area (Å²) in [6, 6.07) is 5.98. The zero-order valence-electron chi connectivity index (χ0n) is 10.8. The van der Waals surface area contributed by atoms with Crippen molar-refractivity contribution >= 4 is 11.0 Å². The number of rotatable bonds is 3. The standard InChI is InChI=1S/C14H18FNO2/c1-14(2,3)16-8-11(17)13-7-9-6-10(15)4-5-12(9)18-13/h4-7,11,16-17H,8H2,1-3H3. The molecule has 0 aliphatic carbocycles. The van der Waals surface area contributed by atoms with Crippen LogP contribution in [0.25, 0.3) is 11.0 Å². The monoisotopic (exact) mass is 251 g/mol. The second-order valence-corrected chi connectivity index (χ2v) is 5.48. The van der Waals surface area contributed by atoms with Gasteiger partial charge in [-0.1, -0.05) is 0 Å². The van der Waals surface area contributed by atoms with Gasteiger partial charge in [0.15, 0.2) is 0 Å². The van der Waals surface area contributed by atoms with Gasteiger partial charge < -0.3 is 14.8 Å². The molecule has 0 bridgehead atoms. The fourth-order valence-corrected chi connectivity index (χ4v) is 1.70. The average Bonchev–Trinajstić information content (AvgIpc) is 2.67. The molecular weight excluding hydrogens is 233 g/mol. The molecule has 1 atom stereocenters. The van der Waals surface area contributed by atoms with Crippen LogP contribution in [-0.2, 0) is 0 Å². The first-order valence-corrected chi connectivity index (χ1v) is 5.97. The van der Waals surface area contributed by atoms with E-state index in [0.29, 0.717) is 23.3 Å². The van der Waals surface area contributed by atoms with E-state index < -0.39 is 6.10 Å². The smallest absolute Gasteiger partial charge is 0.135 e. The predicted molar refractivity (Wildman–Crippen MR) is 68.9 cm³/mol. The van der Waals surface area contributed by atoms with Crippen LogP contribution in [-0.4, -0.2) is 17.2 Å². The van der Waals surface area contributed by atoms with E-state index in [9.17, 15) is 9.50 Å². The largest absolute Gasteiger partial charge is 0.458 e. The molecule has 3 nitrogen and oxygen atoms in total. The van der Waals surface area contributed by atoms with Gasteiger partial charge in [-0.25, -0.2) is 4.39 Å². The van der Waals surface area contributed by atoms with E-state index in [4.69, 9.17) is 4.42 Å². The summed E-state index contributed by atoms with van der Waals surface area (Å²) in [5.41, 5.74) is 0.514. The minimum Gasteiger partial charge on any atom is -0.458 e. The Hall–Kier alpha value is -1.39. The Bertz CT molecular complexity index is 542. The second kappa shape index (κ2) is 4.71. The number of benzene rings is 1. The van der Waals surface area contributed by atoms with Crippen LogP contribution in [0.1, 0.15) is 32.6 Å². The molecule has 0 saturated carbocycles. The van der Waals surface area contributed by atoms with E-state index >= 15 is 0 Å². The maximum absolute atomic E-state index is 13.0. The number of hydrogen-bond donors (Lipinski definition) is 2. The van der Waals surface area contributed by atoms with Crippen LogP contribution in [0, 0.1) is 5.82 Å². The van der Waals surface area contributed by atoms with Crippen molar-refractivity contribution in [3.05, 3.63) is 35.8 Å². The van der Waals surface area contributed by atoms with Crippen LogP contribution in [0.15, 0.2) is 28.7 Å². The van der Waals surface area contributed by atoms with Crippen molar-refractivity contribution in [1.29, 1.82) is 0 Å². The number of aliphatic hydroxyl groups excluding tert-OH is 1. The first kappa shape index (κ1) is 13.1. The summed E-state index contributed by atoms with van der Waals surface area (Å²) in [4.78, 5) is 0. The maximum atomic E-state index is 13.0. The first-order valence-electron chi connectivity index (χ1n) is 5.97. The van der Waals surface area contributed by atoms with E-state index in [0.717, 1.165) is 0 Å². The fraction of sp³-hybridized carbons (Fsp3) is 0.429. The third-order valence-electron chi connectivity index (χ3n) is 2.65. The van der Waals surface area contributed by atoms with Crippen molar-refractivity contribution in [3.63, 3.8) is 0 Å². The topological polar surface area (TPSA) is 45.4 Å². The summed E-state index contributed by atoms with van der Waals surface area (Å²) in [5, 5.41) is 13.9. The molecule has 0 fully saturated rings. The lowest BCUT2D eigenvalue weighted by Crippen LogP contribution is -2.38. The lowest BCUT2D eigenvalue weighted by atomic mass is 10.1. The number of hydrogen-bond acceptors (Lipinski definition) is 3. The minimum absolute atomic E-state index is 0.0703. The van der Waals surface area contributed by atoms with Crippen molar-refractivity contribution in [2.75, 3.05) is 6.54 Å². The van der Waals surface area contributed by atoms with Crippen molar-refractivity contribution in [1.82, 2.24) is 5.32 Å². The molecule has 0 aliphatic heterocycles. The summed E-state index contributed by atoms with van der Waals surface area (Å²) in [6.07, 6.45) is -0.736. The molecule has 0 aliphatic rings. The first-order chi connectivity index (χ1) is 8.35. The highest BCUT2D eigenvalue weighted by atomic mass is 19.1. The Morgan fingerprint density at radius 3 is 2.72 bits per heavy atom. The molecule has 4 heteroatoms. The molecule has 0 radical (unpaired) electrons. The Balaban J connectivity index is 2.15. The number of fused-ring (bicyclic) bond motifs is 1. The van der Waals surface area contributed by atoms with Gasteiger partial charge in [-0.05, 0) is 45.0 Å². The van der Waals surface area contributed by atoms with Gasteiger partial charge in [0.2, 0.25) is 0 Å². The van der Waals surface area contributed by atoms with E-state index in [1.54, 1.807) is 12.1 Å². The van der Waals surface area contributed by atoms with Crippen LogP contribution in [0.2, 0.25) is 0 Å². The molecule has 2 rings (SSSR count). The number of nitrogens with one attached hydrogen (secondary N) is 1. The molecule has 2 N–H and O–H groups in total. The lowest BCUT2D eigenvalue weighted by Gasteiger charge is -2.22. The second-order valence-electron chi connectivity index (χ2n) is 5.48. The van der Waals surface area contributed by atoms with Crippen molar-refractivity contribution in [2.24, 2.45) is 0 Å². The quantitative estimate of drug-likeness (QED) is 0.881. The van der Waals surface area contributed by atoms with E-state index in [1.165, 1.54) is 12.1 Å². The number of furan rings is 1. The van der Waals surface area contributed by atoms with Gasteiger partial charge in [-0.15, -0.1) is 0 Å². The Morgan fingerprint density at radius 1 is 1.33 bits per heavy atom. The van der Waals surface area contributed by atoms with Crippen LogP contribution >= 0.6 is 0 Å². The Labute approximate surface area is 106 Å². The van der Waals surface area contributed by atoms with Crippen LogP contribution in [0.4, 0.5) is 4.39 Å². The van der Waals surface area contributed by atoms with E-state index in [1.807, 2.05) is 20.8 Å². The lowest BCUT2D eigenvalue weighted by molar-refractivity contribution is 0.140. The van der Waals surface area contributed by atoms with Crippen molar-refractivity contribution in [2.45, 2.75) is 32.4 Å². The van der Waals surface area contributed by atoms with Gasteiger partial charge in [-0.3, -0.25) is 0 Å². The highest BCUT2D eigenvalue weighted by molar-refractivity contribution is 5.77. The predicted octanol–water partition coefficient (Wildman–Crippen LogP) is 2.99. The molecule has 0 amide bonds. The Kier molecular flexibility index (Phi) is 3.41. The van der Waals surface area contributed by atoms with Gasteiger partial charge in [0.05, 0.1) is 0 Å². The molecule has 1 unspecified atom stereocenters. The Morgan fingerprint density at radius 2 is 2.06 bits per heavy atom. The highest BCUT2D eigenvalue weighted by Crippen LogP contribution is 2.24. The molecule has 18 heavy (non-hydrogen) atoms. The molecule has 1 aromatic heterocycles. The zero-order chi connectivity index (χ0) is 13.3. The summed E-state index contributed by atoms with van der Waals surface area (Å²) in [6.45, 7) is 6.46. The summed E-state index contributed by atoms with van der Waals surface area (Å²) >= 11 is 0. The van der Waals surface area contributed by atoms with Crippen LogP contribution in [0.5, 0.6) is 0 Å². The highest BCUT2D eigenvalue weighted by Gasteiger charge is 2.17. The summed E-state index contributed by atoms with van der Waals surface area (Å²) in [7, 11) is 0. The zero-order valence-corrected chi connectivity index (χ0v) is 10.8. The SMILES string of the molecule is CC(C)(C)NCC(O)c1cc2cc(F)ccc2o1. The molecule has 1 heterocycles. The molecule has 1 aromatic carbocycles. The average molecular weight is 251 g/mol. The fourth-order valence-electron chi connectivity index (χ4n) is 1.70. The van der Waals surface area contributed by atoms with Crippen LogP contribution in [0.3, 0.4) is 0 Å². The number of halogens is 1. The molecule has 98 valence electrons. The van der Waals surface area contributed by atoms with E-state index in [-0.39, 0.29) is 11.4 Å². The van der Waals surface area contributed by atoms with E-state index in [2.05, 4.69) is 5.32 Å². The molecule has 0 spiro atoms. The normalized spacial score (nSPS) is 14.1. The van der Waals surface area contributed by atoms with Gasteiger partial charge in [0.25, 0.3) is 0 Å². The number of β-amino-alcohol motifs (C(OH)–C–C–N with tert-alkyl or cyclic N) is 1. The summed E-state index contributed by atoms with van der Waals surface area (Å²) in [5.74, 6) is 0.143. The third-order valence-corrected chi connectivity index (χ3v) is 2.65. The molecule has 2 aromatic rings. The maximum Gasteiger partial charge on any atom is 0.135 e.